The molecule has 0 spiro atoms. The number of hydrogen-bond donors (Lipinski definition) is 0. The number of amides is 1. The van der Waals surface area contributed by atoms with E-state index in [0.29, 0.717) is 12.3 Å². The van der Waals surface area contributed by atoms with Crippen LogP contribution < -0.4 is 4.90 Å². The largest absolute Gasteiger partial charge is 0.312 e. The molecule has 1 unspecified atom stereocenters. The average molecular weight is 217 g/mol. The number of nitrogens with zero attached hydrogens (tertiary/aromatic N) is 1. The van der Waals surface area contributed by atoms with E-state index in [2.05, 4.69) is 32.0 Å². The van der Waals surface area contributed by atoms with Crippen LogP contribution in [0.15, 0.2) is 24.3 Å². The zero-order valence-electron chi connectivity index (χ0n) is 10.1. The van der Waals surface area contributed by atoms with Gasteiger partial charge >= 0.3 is 0 Å². The van der Waals surface area contributed by atoms with Crippen molar-refractivity contribution in [3.05, 3.63) is 29.8 Å². The normalized spacial score (nSPS) is 18.6. The van der Waals surface area contributed by atoms with Crippen LogP contribution in [-0.2, 0) is 4.79 Å². The summed E-state index contributed by atoms with van der Waals surface area (Å²) in [4.78, 5) is 14.0. The summed E-state index contributed by atoms with van der Waals surface area (Å²) in [5.74, 6) is 0.750. The molecule has 0 radical (unpaired) electrons. The van der Waals surface area contributed by atoms with E-state index < -0.39 is 0 Å². The van der Waals surface area contributed by atoms with Gasteiger partial charge in [0.05, 0.1) is 0 Å². The van der Waals surface area contributed by atoms with Gasteiger partial charge in [0.25, 0.3) is 0 Å². The number of carbonyl (C=O) groups excluding carboxylic acids is 1. The van der Waals surface area contributed by atoms with Crippen molar-refractivity contribution in [2.75, 3.05) is 11.4 Å². The van der Waals surface area contributed by atoms with Gasteiger partial charge in [-0.3, -0.25) is 4.79 Å². The second-order valence-electron chi connectivity index (χ2n) is 4.57. The molecule has 2 rings (SSSR count). The Balaban J connectivity index is 2.17. The van der Waals surface area contributed by atoms with Gasteiger partial charge in [-0.1, -0.05) is 38.5 Å². The highest BCUT2D eigenvalue weighted by atomic mass is 16.2. The quantitative estimate of drug-likeness (QED) is 0.760. The number of para-hydroxylation sites is 1. The first-order chi connectivity index (χ1) is 7.74. The summed E-state index contributed by atoms with van der Waals surface area (Å²) in [5.41, 5.74) is 2.43. The molecule has 0 bridgehead atoms. The van der Waals surface area contributed by atoms with E-state index in [1.54, 1.807) is 0 Å². The number of carbonyl (C=O) groups is 1. The molecule has 1 aromatic rings. The molecule has 0 fully saturated rings. The van der Waals surface area contributed by atoms with Crippen LogP contribution in [-0.4, -0.2) is 12.5 Å². The lowest BCUT2D eigenvalue weighted by molar-refractivity contribution is -0.118. The summed E-state index contributed by atoms with van der Waals surface area (Å²) in [6.45, 7) is 5.15. The second-order valence-corrected chi connectivity index (χ2v) is 4.57. The molecule has 2 nitrogen and oxygen atoms in total. The Labute approximate surface area is 97.3 Å². The first kappa shape index (κ1) is 11.2. The van der Waals surface area contributed by atoms with Crippen LogP contribution in [0.4, 0.5) is 5.69 Å². The van der Waals surface area contributed by atoms with Crippen molar-refractivity contribution >= 4 is 11.6 Å². The van der Waals surface area contributed by atoms with Gasteiger partial charge in [0.1, 0.15) is 0 Å². The van der Waals surface area contributed by atoms with Crippen molar-refractivity contribution < 1.29 is 4.79 Å². The van der Waals surface area contributed by atoms with Gasteiger partial charge in [-0.15, -0.1) is 0 Å². The third-order valence-electron chi connectivity index (χ3n) is 3.26. The Morgan fingerprint density at radius 3 is 2.94 bits per heavy atom. The van der Waals surface area contributed by atoms with Crippen LogP contribution in [0.25, 0.3) is 0 Å². The first-order valence-electron chi connectivity index (χ1n) is 6.13. The molecule has 1 aliphatic rings. The van der Waals surface area contributed by atoms with Gasteiger partial charge < -0.3 is 4.90 Å². The highest BCUT2D eigenvalue weighted by Gasteiger charge is 2.28. The maximum Gasteiger partial charge on any atom is 0.227 e. The molecule has 1 amide bonds. The minimum absolute atomic E-state index is 0.277. The van der Waals surface area contributed by atoms with Gasteiger partial charge in [0.15, 0.2) is 0 Å². The van der Waals surface area contributed by atoms with E-state index in [9.17, 15) is 4.79 Å². The predicted octanol–water partition coefficient (Wildman–Crippen LogP) is 3.33. The zero-order chi connectivity index (χ0) is 11.5. The molecule has 16 heavy (non-hydrogen) atoms. The fraction of sp³-hybridized carbons (Fsp3) is 0.500. The molecule has 0 aliphatic carbocycles. The van der Waals surface area contributed by atoms with Crippen molar-refractivity contribution in [1.82, 2.24) is 0 Å². The Morgan fingerprint density at radius 2 is 2.19 bits per heavy atom. The van der Waals surface area contributed by atoms with Crippen LogP contribution in [0.3, 0.4) is 0 Å². The van der Waals surface area contributed by atoms with Crippen molar-refractivity contribution in [1.29, 1.82) is 0 Å². The summed E-state index contributed by atoms with van der Waals surface area (Å²) in [6.07, 6.45) is 2.75. The molecule has 0 saturated carbocycles. The zero-order valence-corrected chi connectivity index (χ0v) is 10.1. The minimum atomic E-state index is 0.277. The smallest absolute Gasteiger partial charge is 0.227 e. The summed E-state index contributed by atoms with van der Waals surface area (Å²) in [5, 5.41) is 0. The molecule has 0 N–H and O–H groups in total. The van der Waals surface area contributed by atoms with Gasteiger partial charge in [-0.25, -0.2) is 0 Å². The summed E-state index contributed by atoms with van der Waals surface area (Å²) in [7, 11) is 0. The number of fused-ring (bicyclic) bond motifs is 1. The van der Waals surface area contributed by atoms with Gasteiger partial charge in [-0.2, -0.15) is 0 Å². The summed E-state index contributed by atoms with van der Waals surface area (Å²) >= 11 is 0. The fourth-order valence-electron chi connectivity index (χ4n) is 2.32. The fourth-order valence-corrected chi connectivity index (χ4v) is 2.32. The molecule has 1 aromatic carbocycles. The van der Waals surface area contributed by atoms with E-state index in [1.807, 2.05) is 11.0 Å². The average Bonchev–Trinajstić information content (AvgIpc) is 2.65. The van der Waals surface area contributed by atoms with E-state index >= 15 is 0 Å². The van der Waals surface area contributed by atoms with Crippen molar-refractivity contribution in [2.45, 2.75) is 39.0 Å². The maximum absolute atomic E-state index is 12.0. The Bertz CT molecular complexity index is 386. The number of benzene rings is 1. The highest BCUT2D eigenvalue weighted by molar-refractivity contribution is 5.95. The number of hydrogen-bond acceptors (Lipinski definition) is 1. The number of unbranched alkanes of at least 4 members (excludes halogenated alkanes) is 1. The van der Waals surface area contributed by atoms with Crippen molar-refractivity contribution in [3.8, 4) is 0 Å². The first-order valence-corrected chi connectivity index (χ1v) is 6.13. The highest BCUT2D eigenvalue weighted by Crippen LogP contribution is 2.35. The molecule has 86 valence electrons. The van der Waals surface area contributed by atoms with Gasteiger partial charge in [-0.05, 0) is 18.1 Å². The summed E-state index contributed by atoms with van der Waals surface area (Å²) in [6, 6.07) is 8.25. The molecular weight excluding hydrogens is 198 g/mol. The molecule has 2 heteroatoms. The summed E-state index contributed by atoms with van der Waals surface area (Å²) < 4.78 is 0. The Kier molecular flexibility index (Phi) is 3.28. The maximum atomic E-state index is 12.0. The molecule has 1 aliphatic heterocycles. The van der Waals surface area contributed by atoms with Crippen LogP contribution in [0, 0.1) is 0 Å². The SMILES string of the molecule is CCCCC(=O)N1CC(C)c2ccccc21. The van der Waals surface area contributed by atoms with E-state index in [0.717, 1.165) is 25.1 Å². The van der Waals surface area contributed by atoms with Gasteiger partial charge in [0, 0.05) is 24.6 Å². The Hall–Kier alpha value is -1.31. The monoisotopic (exact) mass is 217 g/mol. The Morgan fingerprint density at radius 1 is 1.44 bits per heavy atom. The lowest BCUT2D eigenvalue weighted by Gasteiger charge is -2.17. The van der Waals surface area contributed by atoms with Crippen LogP contribution in [0.5, 0.6) is 0 Å². The second kappa shape index (κ2) is 4.69. The lowest BCUT2D eigenvalue weighted by Crippen LogP contribution is -2.29. The molecule has 0 aromatic heterocycles. The van der Waals surface area contributed by atoms with Crippen LogP contribution >= 0.6 is 0 Å². The van der Waals surface area contributed by atoms with Gasteiger partial charge in [0.2, 0.25) is 5.91 Å². The van der Waals surface area contributed by atoms with E-state index in [1.165, 1.54) is 5.56 Å². The van der Waals surface area contributed by atoms with E-state index in [4.69, 9.17) is 0 Å². The molecule has 1 heterocycles. The van der Waals surface area contributed by atoms with Crippen molar-refractivity contribution in [2.24, 2.45) is 0 Å². The minimum Gasteiger partial charge on any atom is -0.312 e. The third kappa shape index (κ3) is 1.97. The van der Waals surface area contributed by atoms with Crippen LogP contribution in [0.2, 0.25) is 0 Å². The number of rotatable bonds is 3. The standard InChI is InChI=1S/C14H19NO/c1-3-4-9-14(16)15-10-11(2)12-7-5-6-8-13(12)15/h5-8,11H,3-4,9-10H2,1-2H3. The molecule has 0 saturated heterocycles. The van der Waals surface area contributed by atoms with Crippen LogP contribution in [0.1, 0.15) is 44.6 Å². The van der Waals surface area contributed by atoms with Crippen molar-refractivity contribution in [3.63, 3.8) is 0 Å². The molecule has 1 atom stereocenters. The molecular formula is C14H19NO. The third-order valence-corrected chi connectivity index (χ3v) is 3.26. The topological polar surface area (TPSA) is 20.3 Å². The number of anilines is 1. The van der Waals surface area contributed by atoms with E-state index in [-0.39, 0.29) is 5.91 Å². The lowest BCUT2D eigenvalue weighted by atomic mass is 10.0. The predicted molar refractivity (Wildman–Crippen MR) is 66.7 cm³/mol.